The molecule has 0 radical (unpaired) electrons. The van der Waals surface area contributed by atoms with Gasteiger partial charge >= 0.3 is 0 Å². The number of aromatic nitrogens is 2. The van der Waals surface area contributed by atoms with Gasteiger partial charge < -0.3 is 10.1 Å². The van der Waals surface area contributed by atoms with E-state index in [9.17, 15) is 9.59 Å². The number of hydrogen-bond acceptors (Lipinski definition) is 7. The molecule has 1 saturated heterocycles. The van der Waals surface area contributed by atoms with Crippen molar-refractivity contribution in [3.8, 4) is 0 Å². The molecular formula is C19H22N4O3S2. The third-order valence-corrected chi connectivity index (χ3v) is 5.61. The number of aryl methyl sites for hydroxylation is 1. The van der Waals surface area contributed by atoms with Gasteiger partial charge in [0.15, 0.2) is 0 Å². The van der Waals surface area contributed by atoms with Crippen molar-refractivity contribution in [3.63, 3.8) is 0 Å². The third-order valence-electron chi connectivity index (χ3n) is 4.23. The van der Waals surface area contributed by atoms with Crippen LogP contribution in [-0.4, -0.2) is 51.3 Å². The number of hydrogen-bond donors (Lipinski definition) is 1. The van der Waals surface area contributed by atoms with Crippen molar-refractivity contribution in [1.82, 2.24) is 14.3 Å². The van der Waals surface area contributed by atoms with Gasteiger partial charge in [-0.05, 0) is 38.0 Å². The topological polar surface area (TPSA) is 75.9 Å². The molecule has 2 aromatic rings. The first-order valence-corrected chi connectivity index (χ1v) is 10.2. The van der Waals surface area contributed by atoms with Gasteiger partial charge in [-0.15, -0.1) is 0 Å². The van der Waals surface area contributed by atoms with E-state index in [0.717, 1.165) is 5.56 Å². The van der Waals surface area contributed by atoms with E-state index in [1.807, 2.05) is 19.9 Å². The molecule has 1 N–H and O–H groups in total. The lowest BCUT2D eigenvalue weighted by molar-refractivity contribution is -0.122. The molecule has 9 heteroatoms. The van der Waals surface area contributed by atoms with E-state index < -0.39 is 0 Å². The van der Waals surface area contributed by atoms with Gasteiger partial charge in [0.25, 0.3) is 11.5 Å². The molecule has 1 fully saturated rings. The van der Waals surface area contributed by atoms with Crippen LogP contribution in [0.1, 0.15) is 24.5 Å². The number of carbonyl (C=O) groups is 1. The number of nitrogens with one attached hydrogen (secondary N) is 1. The van der Waals surface area contributed by atoms with Gasteiger partial charge in [0.2, 0.25) is 0 Å². The van der Waals surface area contributed by atoms with Gasteiger partial charge in [0.05, 0.1) is 10.5 Å². The summed E-state index contributed by atoms with van der Waals surface area (Å²) in [6.45, 7) is 5.49. The summed E-state index contributed by atoms with van der Waals surface area (Å²) in [6.07, 6.45) is 4.03. The average Bonchev–Trinajstić information content (AvgIpc) is 2.93. The molecule has 0 saturated carbocycles. The number of pyridine rings is 1. The van der Waals surface area contributed by atoms with Crippen LogP contribution < -0.4 is 10.9 Å². The number of thioether (sulfide) groups is 1. The summed E-state index contributed by atoms with van der Waals surface area (Å²) in [7, 11) is 1.62. The zero-order valence-electron chi connectivity index (χ0n) is 16.0. The zero-order valence-corrected chi connectivity index (χ0v) is 17.7. The standard InChI is InChI=1S/C19H22N4O3S2/c1-4-20-16-13(17(24)23-11-12(2)6-7-15(23)21-16)10-14-18(25)22(19(27)28-14)8-5-9-26-3/h6-7,10-11,20H,4-5,8-9H2,1-3H3/b14-10+. The molecule has 1 aliphatic rings. The van der Waals surface area contributed by atoms with Crippen molar-refractivity contribution in [1.29, 1.82) is 0 Å². The molecule has 3 rings (SSSR count). The van der Waals surface area contributed by atoms with Crippen molar-refractivity contribution in [2.75, 3.05) is 32.1 Å². The van der Waals surface area contributed by atoms with E-state index in [-0.39, 0.29) is 11.5 Å². The minimum Gasteiger partial charge on any atom is -0.385 e. The summed E-state index contributed by atoms with van der Waals surface area (Å²) in [5.41, 5.74) is 1.62. The summed E-state index contributed by atoms with van der Waals surface area (Å²) in [5.74, 6) is 0.267. The summed E-state index contributed by atoms with van der Waals surface area (Å²) >= 11 is 6.55. The Morgan fingerprint density at radius 1 is 1.36 bits per heavy atom. The molecule has 0 aliphatic carbocycles. The minimum atomic E-state index is -0.227. The summed E-state index contributed by atoms with van der Waals surface area (Å²) in [6, 6.07) is 3.71. The number of rotatable bonds is 7. The van der Waals surface area contributed by atoms with Crippen LogP contribution in [0.2, 0.25) is 0 Å². The Balaban J connectivity index is 2.04. The average molecular weight is 419 g/mol. The van der Waals surface area contributed by atoms with Crippen molar-refractivity contribution in [2.45, 2.75) is 20.3 Å². The number of fused-ring (bicyclic) bond motifs is 1. The predicted molar refractivity (Wildman–Crippen MR) is 117 cm³/mol. The second kappa shape index (κ2) is 8.85. The van der Waals surface area contributed by atoms with E-state index in [2.05, 4.69) is 10.3 Å². The molecule has 0 bridgehead atoms. The first kappa shape index (κ1) is 20.5. The van der Waals surface area contributed by atoms with Crippen LogP contribution >= 0.6 is 24.0 Å². The minimum absolute atomic E-state index is 0.192. The molecule has 1 amide bonds. The van der Waals surface area contributed by atoms with E-state index >= 15 is 0 Å². The molecule has 2 aromatic heterocycles. The van der Waals surface area contributed by atoms with Gasteiger partial charge in [-0.2, -0.15) is 0 Å². The number of anilines is 1. The van der Waals surface area contributed by atoms with E-state index in [1.54, 1.807) is 30.3 Å². The van der Waals surface area contributed by atoms with Crippen molar-refractivity contribution in [2.24, 2.45) is 0 Å². The van der Waals surface area contributed by atoms with Crippen molar-refractivity contribution in [3.05, 3.63) is 44.7 Å². The normalized spacial score (nSPS) is 15.8. The zero-order chi connectivity index (χ0) is 20.3. The molecule has 0 unspecified atom stereocenters. The van der Waals surface area contributed by atoms with Gasteiger partial charge in [0, 0.05) is 33.0 Å². The number of carbonyl (C=O) groups excluding carboxylic acids is 1. The van der Waals surface area contributed by atoms with Gasteiger partial charge in [-0.1, -0.05) is 30.0 Å². The van der Waals surface area contributed by atoms with Crippen molar-refractivity contribution >= 4 is 51.7 Å². The Morgan fingerprint density at radius 2 is 2.14 bits per heavy atom. The lowest BCUT2D eigenvalue weighted by Gasteiger charge is -2.13. The maximum Gasteiger partial charge on any atom is 0.267 e. The summed E-state index contributed by atoms with van der Waals surface area (Å²) in [4.78, 5) is 32.4. The van der Waals surface area contributed by atoms with E-state index in [1.165, 1.54) is 16.2 Å². The number of methoxy groups -OCH3 is 1. The molecule has 148 valence electrons. The third kappa shape index (κ3) is 4.11. The van der Waals surface area contributed by atoms with Gasteiger partial charge in [0.1, 0.15) is 15.8 Å². The highest BCUT2D eigenvalue weighted by Crippen LogP contribution is 2.33. The van der Waals surface area contributed by atoms with Crippen LogP contribution in [0.3, 0.4) is 0 Å². The number of ether oxygens (including phenoxy) is 1. The lowest BCUT2D eigenvalue weighted by Crippen LogP contribution is -2.29. The van der Waals surface area contributed by atoms with Gasteiger partial charge in [-0.3, -0.25) is 18.9 Å². The molecule has 3 heterocycles. The SMILES string of the molecule is CCNc1nc2ccc(C)cn2c(=O)c1/C=C1/SC(=S)N(CCCOC)C1=O. The Labute approximate surface area is 172 Å². The van der Waals surface area contributed by atoms with Crippen molar-refractivity contribution < 1.29 is 9.53 Å². The van der Waals surface area contributed by atoms with Crippen LogP contribution in [0.15, 0.2) is 28.0 Å². The highest BCUT2D eigenvalue weighted by Gasteiger charge is 2.32. The van der Waals surface area contributed by atoms with E-state index in [0.29, 0.717) is 52.4 Å². The molecule has 0 spiro atoms. The second-order valence-corrected chi connectivity index (χ2v) is 8.00. The Bertz CT molecular complexity index is 1020. The van der Waals surface area contributed by atoms with Crippen LogP contribution in [0.25, 0.3) is 11.7 Å². The largest absolute Gasteiger partial charge is 0.385 e. The number of thiocarbonyl (C=S) groups is 1. The Morgan fingerprint density at radius 3 is 2.86 bits per heavy atom. The monoisotopic (exact) mass is 418 g/mol. The fraction of sp³-hybridized carbons (Fsp3) is 0.368. The lowest BCUT2D eigenvalue weighted by atomic mass is 10.2. The van der Waals surface area contributed by atoms with E-state index in [4.69, 9.17) is 17.0 Å². The molecule has 7 nitrogen and oxygen atoms in total. The van der Waals surface area contributed by atoms with Crippen LogP contribution in [0.4, 0.5) is 5.82 Å². The maximum atomic E-state index is 13.1. The molecule has 0 atom stereocenters. The Hall–Kier alpha value is -2.23. The quantitative estimate of drug-likeness (QED) is 0.421. The first-order chi connectivity index (χ1) is 13.5. The highest BCUT2D eigenvalue weighted by molar-refractivity contribution is 8.26. The Kier molecular flexibility index (Phi) is 6.48. The first-order valence-electron chi connectivity index (χ1n) is 8.97. The van der Waals surface area contributed by atoms with Crippen LogP contribution in [-0.2, 0) is 9.53 Å². The molecule has 1 aliphatic heterocycles. The van der Waals surface area contributed by atoms with Crippen LogP contribution in [0, 0.1) is 6.92 Å². The fourth-order valence-corrected chi connectivity index (χ4v) is 4.17. The van der Waals surface area contributed by atoms with Gasteiger partial charge in [-0.25, -0.2) is 4.98 Å². The smallest absolute Gasteiger partial charge is 0.267 e. The predicted octanol–water partition coefficient (Wildman–Crippen LogP) is 2.67. The fourth-order valence-electron chi connectivity index (χ4n) is 2.88. The highest BCUT2D eigenvalue weighted by atomic mass is 32.2. The molecule has 28 heavy (non-hydrogen) atoms. The molecule has 0 aromatic carbocycles. The summed E-state index contributed by atoms with van der Waals surface area (Å²) < 4.78 is 7.03. The number of nitrogens with zero attached hydrogens (tertiary/aromatic N) is 3. The second-order valence-electron chi connectivity index (χ2n) is 6.32. The summed E-state index contributed by atoms with van der Waals surface area (Å²) in [5, 5.41) is 3.12. The molecular weight excluding hydrogens is 396 g/mol. The number of amides is 1. The van der Waals surface area contributed by atoms with Crippen LogP contribution in [0.5, 0.6) is 0 Å². The maximum absolute atomic E-state index is 13.1.